The Bertz CT molecular complexity index is 155. The highest BCUT2D eigenvalue weighted by Crippen LogP contribution is 2.26. The highest BCUT2D eigenvalue weighted by molar-refractivity contribution is 4.86. The van der Waals surface area contributed by atoms with E-state index in [0.717, 1.165) is 18.0 Å². The van der Waals surface area contributed by atoms with Gasteiger partial charge in [-0.2, -0.15) is 0 Å². The van der Waals surface area contributed by atoms with E-state index in [-0.39, 0.29) is 0 Å². The highest BCUT2D eigenvalue weighted by atomic mass is 15.2. The predicted octanol–water partition coefficient (Wildman–Crippen LogP) is 1.47. The minimum absolute atomic E-state index is 0.764. The van der Waals surface area contributed by atoms with Gasteiger partial charge in [0.15, 0.2) is 0 Å². The maximum absolute atomic E-state index is 3.70. The molecular weight excluding hydrogens is 160 g/mol. The fourth-order valence-electron chi connectivity index (χ4n) is 2.37. The molecule has 0 radical (unpaired) electrons. The van der Waals surface area contributed by atoms with Gasteiger partial charge in [-0.05, 0) is 45.7 Å². The Morgan fingerprint density at radius 1 is 1.38 bits per heavy atom. The van der Waals surface area contributed by atoms with Crippen LogP contribution in [0.4, 0.5) is 0 Å². The van der Waals surface area contributed by atoms with Crippen molar-refractivity contribution in [2.45, 2.75) is 44.7 Å². The number of rotatable bonds is 3. The predicted molar refractivity (Wildman–Crippen MR) is 55.8 cm³/mol. The van der Waals surface area contributed by atoms with Gasteiger partial charge < -0.3 is 10.2 Å². The Morgan fingerprint density at radius 2 is 2.15 bits per heavy atom. The van der Waals surface area contributed by atoms with Crippen molar-refractivity contribution in [3.8, 4) is 0 Å². The average Bonchev–Trinajstić information content (AvgIpc) is 2.28. The number of nitrogens with one attached hydrogen (secondary N) is 1. The van der Waals surface area contributed by atoms with E-state index in [1.807, 2.05) is 0 Å². The molecule has 1 aliphatic carbocycles. The Hall–Kier alpha value is -0.0800. The molecule has 1 aliphatic heterocycles. The van der Waals surface area contributed by atoms with Crippen molar-refractivity contribution >= 4 is 0 Å². The quantitative estimate of drug-likeness (QED) is 0.711. The average molecular weight is 182 g/mol. The monoisotopic (exact) mass is 182 g/mol. The van der Waals surface area contributed by atoms with E-state index in [4.69, 9.17) is 0 Å². The fourth-order valence-corrected chi connectivity index (χ4v) is 2.37. The molecule has 2 nitrogen and oxygen atoms in total. The second-order valence-electron chi connectivity index (χ2n) is 4.93. The molecule has 1 saturated heterocycles. The van der Waals surface area contributed by atoms with Crippen molar-refractivity contribution < 1.29 is 0 Å². The molecule has 0 aromatic carbocycles. The number of hydrogen-bond donors (Lipinski definition) is 1. The second kappa shape index (κ2) is 3.97. The molecule has 76 valence electrons. The molecule has 0 bridgehead atoms. The van der Waals surface area contributed by atoms with Gasteiger partial charge in [0.25, 0.3) is 0 Å². The molecule has 0 spiro atoms. The van der Waals surface area contributed by atoms with Crippen LogP contribution in [0.3, 0.4) is 0 Å². The van der Waals surface area contributed by atoms with E-state index in [1.54, 1.807) is 0 Å². The lowest BCUT2D eigenvalue weighted by Gasteiger charge is -2.27. The SMILES string of the molecule is CC1CC(NCC2CCC2)CN1C. The van der Waals surface area contributed by atoms with Crippen LogP contribution in [0, 0.1) is 5.92 Å². The first-order valence-electron chi connectivity index (χ1n) is 5.69. The number of likely N-dealkylation sites (N-methyl/N-ethyl adjacent to an activating group) is 1. The van der Waals surface area contributed by atoms with Crippen molar-refractivity contribution in [3.05, 3.63) is 0 Å². The minimum Gasteiger partial charge on any atom is -0.312 e. The molecule has 2 heteroatoms. The zero-order chi connectivity index (χ0) is 9.26. The standard InChI is InChI=1S/C11H22N2/c1-9-6-11(8-13(9)2)12-7-10-4-3-5-10/h9-12H,3-8H2,1-2H3. The molecule has 2 fully saturated rings. The van der Waals surface area contributed by atoms with Crippen molar-refractivity contribution in [1.82, 2.24) is 10.2 Å². The third kappa shape index (κ3) is 2.23. The normalized spacial score (nSPS) is 36.5. The summed E-state index contributed by atoms with van der Waals surface area (Å²) in [5.74, 6) is 1.00. The van der Waals surface area contributed by atoms with Gasteiger partial charge in [0.05, 0.1) is 0 Å². The third-order valence-electron chi connectivity index (χ3n) is 3.81. The maximum Gasteiger partial charge on any atom is 0.0209 e. The van der Waals surface area contributed by atoms with Crippen molar-refractivity contribution in [2.75, 3.05) is 20.1 Å². The van der Waals surface area contributed by atoms with Crippen LogP contribution in [0.1, 0.15) is 32.6 Å². The Kier molecular flexibility index (Phi) is 2.89. The molecule has 1 heterocycles. The van der Waals surface area contributed by atoms with Gasteiger partial charge in [-0.15, -0.1) is 0 Å². The molecule has 2 rings (SSSR count). The van der Waals surface area contributed by atoms with Crippen LogP contribution in [-0.2, 0) is 0 Å². The zero-order valence-electron chi connectivity index (χ0n) is 8.92. The summed E-state index contributed by atoms with van der Waals surface area (Å²) in [6, 6.07) is 1.54. The third-order valence-corrected chi connectivity index (χ3v) is 3.81. The lowest BCUT2D eigenvalue weighted by Crippen LogP contribution is -2.36. The lowest BCUT2D eigenvalue weighted by molar-refractivity contribution is 0.286. The second-order valence-corrected chi connectivity index (χ2v) is 4.93. The molecule has 2 aliphatic rings. The Morgan fingerprint density at radius 3 is 2.62 bits per heavy atom. The lowest BCUT2D eigenvalue weighted by atomic mass is 9.85. The van der Waals surface area contributed by atoms with Crippen LogP contribution in [0.2, 0.25) is 0 Å². The first kappa shape index (κ1) is 9.47. The van der Waals surface area contributed by atoms with Crippen LogP contribution < -0.4 is 5.32 Å². The van der Waals surface area contributed by atoms with Crippen LogP contribution in [0.5, 0.6) is 0 Å². The van der Waals surface area contributed by atoms with Gasteiger partial charge in [0.2, 0.25) is 0 Å². The van der Waals surface area contributed by atoms with Gasteiger partial charge in [-0.1, -0.05) is 6.42 Å². The van der Waals surface area contributed by atoms with Crippen LogP contribution in [0.15, 0.2) is 0 Å². The molecule has 1 N–H and O–H groups in total. The molecule has 0 aromatic rings. The van der Waals surface area contributed by atoms with E-state index >= 15 is 0 Å². The first-order valence-corrected chi connectivity index (χ1v) is 5.69. The van der Waals surface area contributed by atoms with Gasteiger partial charge in [-0.25, -0.2) is 0 Å². The number of hydrogen-bond acceptors (Lipinski definition) is 2. The van der Waals surface area contributed by atoms with E-state index in [2.05, 4.69) is 24.2 Å². The van der Waals surface area contributed by atoms with Crippen LogP contribution in [0.25, 0.3) is 0 Å². The summed E-state index contributed by atoms with van der Waals surface area (Å²) >= 11 is 0. The molecule has 1 saturated carbocycles. The van der Waals surface area contributed by atoms with Gasteiger partial charge in [-0.3, -0.25) is 0 Å². The van der Waals surface area contributed by atoms with Crippen molar-refractivity contribution in [1.29, 1.82) is 0 Å². The summed E-state index contributed by atoms with van der Waals surface area (Å²) in [4.78, 5) is 2.46. The number of likely N-dealkylation sites (tertiary alicyclic amines) is 1. The summed E-state index contributed by atoms with van der Waals surface area (Å²) < 4.78 is 0. The van der Waals surface area contributed by atoms with Crippen LogP contribution >= 0.6 is 0 Å². The minimum atomic E-state index is 0.764. The molecule has 2 unspecified atom stereocenters. The summed E-state index contributed by atoms with van der Waals surface area (Å²) in [5, 5.41) is 3.70. The van der Waals surface area contributed by atoms with E-state index in [0.29, 0.717) is 0 Å². The zero-order valence-corrected chi connectivity index (χ0v) is 8.92. The Labute approximate surface area is 81.7 Å². The van der Waals surface area contributed by atoms with Gasteiger partial charge in [0.1, 0.15) is 0 Å². The summed E-state index contributed by atoms with van der Waals surface area (Å²) in [6.45, 7) is 4.84. The van der Waals surface area contributed by atoms with Gasteiger partial charge >= 0.3 is 0 Å². The summed E-state index contributed by atoms with van der Waals surface area (Å²) in [5.41, 5.74) is 0. The topological polar surface area (TPSA) is 15.3 Å². The summed E-state index contributed by atoms with van der Waals surface area (Å²) in [6.07, 6.45) is 5.73. The first-order chi connectivity index (χ1) is 6.25. The van der Waals surface area contributed by atoms with Crippen molar-refractivity contribution in [2.24, 2.45) is 5.92 Å². The maximum atomic E-state index is 3.70. The van der Waals surface area contributed by atoms with E-state index in [1.165, 1.54) is 38.8 Å². The highest BCUT2D eigenvalue weighted by Gasteiger charge is 2.26. The van der Waals surface area contributed by atoms with Gasteiger partial charge in [0, 0.05) is 18.6 Å². The fraction of sp³-hybridized carbons (Fsp3) is 1.00. The Balaban J connectivity index is 1.65. The molecule has 2 atom stereocenters. The molecule has 0 amide bonds. The molecular formula is C11H22N2. The van der Waals surface area contributed by atoms with Crippen LogP contribution in [-0.4, -0.2) is 37.1 Å². The number of nitrogens with zero attached hydrogens (tertiary/aromatic N) is 1. The smallest absolute Gasteiger partial charge is 0.0209 e. The largest absolute Gasteiger partial charge is 0.312 e. The molecule has 13 heavy (non-hydrogen) atoms. The van der Waals surface area contributed by atoms with Crippen molar-refractivity contribution in [3.63, 3.8) is 0 Å². The van der Waals surface area contributed by atoms with E-state index < -0.39 is 0 Å². The molecule has 0 aromatic heterocycles. The summed E-state index contributed by atoms with van der Waals surface area (Å²) in [7, 11) is 2.23. The van der Waals surface area contributed by atoms with E-state index in [9.17, 15) is 0 Å².